The van der Waals surface area contributed by atoms with Gasteiger partial charge in [0.2, 0.25) is 0 Å². The molecule has 0 radical (unpaired) electrons. The zero-order valence-electron chi connectivity index (χ0n) is 12.3. The van der Waals surface area contributed by atoms with Crippen LogP contribution in [0.4, 0.5) is 0 Å². The Hall–Kier alpha value is -1.03. The van der Waals surface area contributed by atoms with E-state index in [0.29, 0.717) is 6.04 Å². The molecule has 1 fully saturated rings. The van der Waals surface area contributed by atoms with Crippen LogP contribution in [0.15, 0.2) is 17.2 Å². The predicted molar refractivity (Wildman–Crippen MR) is 78.6 cm³/mol. The quantitative estimate of drug-likeness (QED) is 0.803. The molecule has 108 valence electrons. The molecule has 0 aliphatic heterocycles. The van der Waals surface area contributed by atoms with E-state index in [4.69, 9.17) is 0 Å². The van der Waals surface area contributed by atoms with Gasteiger partial charge in [0.15, 0.2) is 0 Å². The maximum atomic E-state index is 12.0. The Labute approximate surface area is 115 Å². The molecule has 1 saturated carbocycles. The summed E-state index contributed by atoms with van der Waals surface area (Å²) in [5, 5.41) is 3.62. The summed E-state index contributed by atoms with van der Waals surface area (Å²) in [4.78, 5) is 12.0. The van der Waals surface area contributed by atoms with Crippen LogP contribution in [0.1, 0.15) is 58.4 Å². The Kier molecular flexibility index (Phi) is 5.25. The third kappa shape index (κ3) is 3.96. The third-order valence-corrected chi connectivity index (χ3v) is 4.04. The second kappa shape index (κ2) is 6.94. The molecule has 4 nitrogen and oxygen atoms in total. The molecule has 0 unspecified atom stereocenters. The van der Waals surface area contributed by atoms with Crippen molar-refractivity contribution < 1.29 is 0 Å². The number of nitrogens with one attached hydrogen (secondary N) is 1. The number of hydrogen-bond donors (Lipinski definition) is 1. The summed E-state index contributed by atoms with van der Waals surface area (Å²) in [6, 6.07) is 0.958. The fraction of sp³-hybridized carbons (Fsp3) is 0.800. The molecule has 0 spiro atoms. The van der Waals surface area contributed by atoms with Crippen molar-refractivity contribution >= 4 is 0 Å². The summed E-state index contributed by atoms with van der Waals surface area (Å²) in [6.07, 6.45) is 11.6. The lowest BCUT2D eigenvalue weighted by Gasteiger charge is -2.22. The van der Waals surface area contributed by atoms with Crippen LogP contribution >= 0.6 is 0 Å². The van der Waals surface area contributed by atoms with Gasteiger partial charge in [-0.25, -0.2) is 4.79 Å². The van der Waals surface area contributed by atoms with Crippen molar-refractivity contribution in [3.8, 4) is 0 Å². The van der Waals surface area contributed by atoms with E-state index in [1.165, 1.54) is 32.1 Å². The fourth-order valence-electron chi connectivity index (χ4n) is 2.85. The number of hydrogen-bond acceptors (Lipinski definition) is 2. The Morgan fingerprint density at radius 1 is 1.26 bits per heavy atom. The van der Waals surface area contributed by atoms with Crippen molar-refractivity contribution in [2.45, 2.75) is 71.0 Å². The first-order valence-electron chi connectivity index (χ1n) is 7.69. The number of rotatable bonds is 6. The van der Waals surface area contributed by atoms with Crippen molar-refractivity contribution in [2.24, 2.45) is 0 Å². The molecule has 1 aromatic rings. The average molecular weight is 265 g/mol. The summed E-state index contributed by atoms with van der Waals surface area (Å²) in [5.74, 6) is 0. The molecule has 4 heteroatoms. The highest BCUT2D eigenvalue weighted by molar-refractivity contribution is 4.83. The van der Waals surface area contributed by atoms with Crippen molar-refractivity contribution in [3.63, 3.8) is 0 Å². The van der Waals surface area contributed by atoms with Crippen LogP contribution in [0.3, 0.4) is 0 Å². The lowest BCUT2D eigenvalue weighted by Crippen LogP contribution is -2.33. The first-order valence-corrected chi connectivity index (χ1v) is 7.69. The second-order valence-electron chi connectivity index (χ2n) is 5.92. The van der Waals surface area contributed by atoms with Crippen LogP contribution in [0, 0.1) is 0 Å². The monoisotopic (exact) mass is 265 g/mol. The average Bonchev–Trinajstić information content (AvgIpc) is 2.77. The molecule has 1 aliphatic carbocycles. The van der Waals surface area contributed by atoms with Crippen LogP contribution in [0.5, 0.6) is 0 Å². The minimum atomic E-state index is 0.118. The largest absolute Gasteiger partial charge is 0.328 e. The smallest absolute Gasteiger partial charge is 0.314 e. The van der Waals surface area contributed by atoms with Crippen LogP contribution < -0.4 is 11.0 Å². The van der Waals surface area contributed by atoms with Gasteiger partial charge >= 0.3 is 5.69 Å². The molecular weight excluding hydrogens is 238 g/mol. The Bertz CT molecular complexity index is 427. The Balaban J connectivity index is 1.72. The molecule has 1 aliphatic rings. The number of aromatic nitrogens is 2. The van der Waals surface area contributed by atoms with Crippen molar-refractivity contribution in [3.05, 3.63) is 22.9 Å². The normalized spacial score (nSPS) is 17.2. The topological polar surface area (TPSA) is 39.0 Å². The number of imidazole rings is 1. The Morgan fingerprint density at radius 2 is 2.00 bits per heavy atom. The first kappa shape index (κ1) is 14.4. The van der Waals surface area contributed by atoms with E-state index >= 15 is 0 Å². The van der Waals surface area contributed by atoms with E-state index in [1.54, 1.807) is 4.57 Å². The third-order valence-electron chi connectivity index (χ3n) is 4.04. The molecule has 2 rings (SSSR count). The van der Waals surface area contributed by atoms with E-state index < -0.39 is 0 Å². The fourth-order valence-corrected chi connectivity index (χ4v) is 2.85. The minimum Gasteiger partial charge on any atom is -0.314 e. The second-order valence-corrected chi connectivity index (χ2v) is 5.92. The summed E-state index contributed by atoms with van der Waals surface area (Å²) in [6.45, 7) is 5.91. The van der Waals surface area contributed by atoms with Crippen molar-refractivity contribution in [1.82, 2.24) is 14.5 Å². The van der Waals surface area contributed by atoms with Gasteiger partial charge in [0.1, 0.15) is 0 Å². The van der Waals surface area contributed by atoms with E-state index in [1.807, 2.05) is 30.8 Å². The van der Waals surface area contributed by atoms with Gasteiger partial charge in [-0.2, -0.15) is 0 Å². The molecular formula is C15H27N3O. The van der Waals surface area contributed by atoms with Gasteiger partial charge in [0.25, 0.3) is 0 Å². The van der Waals surface area contributed by atoms with Crippen LogP contribution in [-0.4, -0.2) is 21.7 Å². The molecule has 19 heavy (non-hydrogen) atoms. The molecule has 1 aromatic heterocycles. The molecule has 0 aromatic carbocycles. The molecule has 1 heterocycles. The lowest BCUT2D eigenvalue weighted by atomic mass is 9.95. The zero-order valence-corrected chi connectivity index (χ0v) is 12.3. The van der Waals surface area contributed by atoms with Gasteiger partial charge < -0.3 is 5.32 Å². The number of aryl methyl sites for hydroxylation is 1. The predicted octanol–water partition coefficient (Wildman–Crippen LogP) is 2.54. The van der Waals surface area contributed by atoms with Gasteiger partial charge in [0.05, 0.1) is 0 Å². The molecule has 0 saturated heterocycles. The van der Waals surface area contributed by atoms with Gasteiger partial charge in [-0.1, -0.05) is 19.3 Å². The minimum absolute atomic E-state index is 0.118. The first-order chi connectivity index (χ1) is 9.18. The summed E-state index contributed by atoms with van der Waals surface area (Å²) >= 11 is 0. The van der Waals surface area contributed by atoms with Crippen LogP contribution in [-0.2, 0) is 6.54 Å². The molecule has 0 bridgehead atoms. The maximum Gasteiger partial charge on any atom is 0.328 e. The van der Waals surface area contributed by atoms with Gasteiger partial charge in [-0.3, -0.25) is 9.13 Å². The highest BCUT2D eigenvalue weighted by atomic mass is 16.1. The highest BCUT2D eigenvalue weighted by Gasteiger charge is 2.12. The Morgan fingerprint density at radius 3 is 2.63 bits per heavy atom. The summed E-state index contributed by atoms with van der Waals surface area (Å²) in [7, 11) is 0. The highest BCUT2D eigenvalue weighted by Crippen LogP contribution is 2.17. The number of nitrogens with zero attached hydrogens (tertiary/aromatic N) is 2. The van der Waals surface area contributed by atoms with E-state index in [2.05, 4.69) is 5.32 Å². The zero-order chi connectivity index (χ0) is 13.7. The molecule has 0 atom stereocenters. The molecule has 1 N–H and O–H groups in total. The van der Waals surface area contributed by atoms with E-state index in [9.17, 15) is 4.79 Å². The van der Waals surface area contributed by atoms with Crippen molar-refractivity contribution in [2.75, 3.05) is 6.54 Å². The maximum absolute atomic E-state index is 12.0. The van der Waals surface area contributed by atoms with Crippen LogP contribution in [0.25, 0.3) is 0 Å². The standard InChI is InChI=1S/C15H27N3O/c1-13(2)18-12-11-17(15(18)19)10-6-9-16-14-7-4-3-5-8-14/h11-14,16H,3-10H2,1-2H3. The SMILES string of the molecule is CC(C)n1ccn(CCCNC2CCCCC2)c1=O. The van der Waals surface area contributed by atoms with Gasteiger partial charge in [0, 0.05) is 31.0 Å². The van der Waals surface area contributed by atoms with Crippen molar-refractivity contribution in [1.29, 1.82) is 0 Å². The van der Waals surface area contributed by atoms with Gasteiger partial charge in [-0.05, 0) is 39.7 Å². The van der Waals surface area contributed by atoms with E-state index in [0.717, 1.165) is 19.5 Å². The van der Waals surface area contributed by atoms with Crippen LogP contribution in [0.2, 0.25) is 0 Å². The van der Waals surface area contributed by atoms with E-state index in [-0.39, 0.29) is 11.7 Å². The summed E-state index contributed by atoms with van der Waals surface area (Å²) < 4.78 is 3.61. The molecule has 0 amide bonds. The lowest BCUT2D eigenvalue weighted by molar-refractivity contribution is 0.368. The summed E-state index contributed by atoms with van der Waals surface area (Å²) in [5.41, 5.74) is 0.118. The van der Waals surface area contributed by atoms with Gasteiger partial charge in [-0.15, -0.1) is 0 Å².